The van der Waals surface area contributed by atoms with Gasteiger partial charge in [-0.25, -0.2) is 0 Å². The van der Waals surface area contributed by atoms with Crippen LogP contribution >= 0.6 is 0 Å². The third-order valence-corrected chi connectivity index (χ3v) is 2.52. The molecule has 0 saturated carbocycles. The number of nitrogens with one attached hydrogen (secondary N) is 1. The quantitative estimate of drug-likeness (QED) is 0.717. The molecule has 1 heterocycles. The van der Waals surface area contributed by atoms with Gasteiger partial charge in [0, 0.05) is 0 Å². The van der Waals surface area contributed by atoms with Crippen LogP contribution in [0.25, 0.3) is 0 Å². The summed E-state index contributed by atoms with van der Waals surface area (Å²) < 4.78 is 11.2. The first-order valence-corrected chi connectivity index (χ1v) is 5.21. The lowest BCUT2D eigenvalue weighted by Crippen LogP contribution is -2.35. The van der Waals surface area contributed by atoms with E-state index in [0.717, 1.165) is 5.46 Å². The number of hydrogen-bond donors (Lipinski definition) is 1. The first-order valence-electron chi connectivity index (χ1n) is 5.21. The van der Waals surface area contributed by atoms with Crippen LogP contribution in [0.3, 0.4) is 0 Å². The van der Waals surface area contributed by atoms with Gasteiger partial charge in [0.05, 0.1) is 6.61 Å². The van der Waals surface area contributed by atoms with Crippen LogP contribution in [0, 0.1) is 13.8 Å². The summed E-state index contributed by atoms with van der Waals surface area (Å²) in [7, 11) is 1.65. The van der Waals surface area contributed by atoms with Crippen LogP contribution in [0.2, 0.25) is 0 Å². The Bertz CT molecular complexity index is 336. The summed E-state index contributed by atoms with van der Waals surface area (Å²) in [6.07, 6.45) is 0.0100. The molecule has 1 atom stereocenters. The molecule has 1 aliphatic rings. The van der Waals surface area contributed by atoms with Crippen molar-refractivity contribution in [3.63, 3.8) is 0 Å². The Morgan fingerprint density at radius 2 is 1.93 bits per heavy atom. The highest BCUT2D eigenvalue weighted by Gasteiger charge is 2.32. The average Bonchev–Trinajstić information content (AvgIpc) is 2.64. The third-order valence-electron chi connectivity index (χ3n) is 2.52. The Kier molecular flexibility index (Phi) is 3.10. The third kappa shape index (κ3) is 2.40. The zero-order valence-electron chi connectivity index (χ0n) is 9.41. The van der Waals surface area contributed by atoms with Crippen LogP contribution < -0.4 is 10.8 Å². The van der Waals surface area contributed by atoms with E-state index in [2.05, 4.69) is 37.4 Å². The molecule has 0 aromatic heterocycles. The van der Waals surface area contributed by atoms with Crippen LogP contribution in [0.1, 0.15) is 11.1 Å². The fraction of sp³-hybridized carbons (Fsp3) is 0.455. The predicted octanol–water partition coefficient (Wildman–Crippen LogP) is 0.591. The fourth-order valence-electron chi connectivity index (χ4n) is 1.87. The Morgan fingerprint density at radius 1 is 1.27 bits per heavy atom. The highest BCUT2D eigenvalue weighted by Crippen LogP contribution is 2.08. The Morgan fingerprint density at radius 3 is 2.47 bits per heavy atom. The monoisotopic (exact) mass is 205 g/mol. The Balaban J connectivity index is 2.16. The molecule has 1 unspecified atom stereocenters. The van der Waals surface area contributed by atoms with Crippen molar-refractivity contribution in [3.8, 4) is 0 Å². The normalized spacial score (nSPS) is 21.0. The van der Waals surface area contributed by atoms with Crippen molar-refractivity contribution in [1.82, 2.24) is 5.32 Å². The molecule has 1 aromatic carbocycles. The van der Waals surface area contributed by atoms with E-state index < -0.39 is 0 Å². The molecule has 1 aromatic rings. The summed E-state index contributed by atoms with van der Waals surface area (Å²) in [5, 5.41) is 3.05. The minimum atomic E-state index is -0.221. The first-order chi connectivity index (χ1) is 7.19. The summed E-state index contributed by atoms with van der Waals surface area (Å²) in [6, 6.07) is 6.36. The van der Waals surface area contributed by atoms with Crippen molar-refractivity contribution in [2.24, 2.45) is 0 Å². The van der Waals surface area contributed by atoms with E-state index in [-0.39, 0.29) is 13.3 Å². The van der Waals surface area contributed by atoms with E-state index in [9.17, 15) is 0 Å². The average molecular weight is 205 g/mol. The number of aryl methyl sites for hydroxylation is 2. The summed E-state index contributed by atoms with van der Waals surface area (Å²) in [5.74, 6) is 0. The molecule has 1 saturated heterocycles. The largest absolute Gasteiger partial charge is 0.495 e. The maximum absolute atomic E-state index is 5.67. The SMILES string of the molecule is CNC1COB(c2cc(C)cc(C)c2)O1. The zero-order chi connectivity index (χ0) is 10.8. The highest BCUT2D eigenvalue weighted by atomic mass is 16.7. The minimum Gasteiger partial charge on any atom is -0.403 e. The van der Waals surface area contributed by atoms with E-state index in [1.54, 1.807) is 0 Å². The van der Waals surface area contributed by atoms with Gasteiger partial charge in [0.15, 0.2) is 0 Å². The van der Waals surface area contributed by atoms with E-state index >= 15 is 0 Å². The van der Waals surface area contributed by atoms with Crippen LogP contribution in [-0.4, -0.2) is 27.0 Å². The molecule has 0 bridgehead atoms. The number of likely N-dealkylation sites (N-methyl/N-ethyl adjacent to an activating group) is 1. The molecule has 0 aliphatic carbocycles. The Labute approximate surface area is 90.9 Å². The van der Waals surface area contributed by atoms with E-state index in [4.69, 9.17) is 9.31 Å². The number of hydrogen-bond acceptors (Lipinski definition) is 3. The van der Waals surface area contributed by atoms with Gasteiger partial charge in [-0.15, -0.1) is 0 Å². The van der Waals surface area contributed by atoms with Crippen molar-refractivity contribution in [3.05, 3.63) is 29.3 Å². The summed E-state index contributed by atoms with van der Waals surface area (Å²) >= 11 is 0. The van der Waals surface area contributed by atoms with Gasteiger partial charge in [-0.2, -0.15) is 0 Å². The van der Waals surface area contributed by atoms with Gasteiger partial charge in [0.1, 0.15) is 6.23 Å². The summed E-state index contributed by atoms with van der Waals surface area (Å²) in [5.41, 5.74) is 3.58. The van der Waals surface area contributed by atoms with Gasteiger partial charge < -0.3 is 9.31 Å². The van der Waals surface area contributed by atoms with E-state index in [0.29, 0.717) is 6.61 Å². The maximum atomic E-state index is 5.67. The molecule has 0 radical (unpaired) electrons. The minimum absolute atomic E-state index is 0.0100. The lowest BCUT2D eigenvalue weighted by molar-refractivity contribution is 0.204. The molecule has 1 fully saturated rings. The van der Waals surface area contributed by atoms with Gasteiger partial charge in [-0.3, -0.25) is 5.32 Å². The molecule has 1 aliphatic heterocycles. The molecular formula is C11H16BNO2. The van der Waals surface area contributed by atoms with Crippen LogP contribution in [0.5, 0.6) is 0 Å². The smallest absolute Gasteiger partial charge is 0.403 e. The van der Waals surface area contributed by atoms with Crippen LogP contribution in [-0.2, 0) is 9.31 Å². The van der Waals surface area contributed by atoms with Gasteiger partial charge in [-0.05, 0) is 26.4 Å². The predicted molar refractivity (Wildman–Crippen MR) is 61.2 cm³/mol. The van der Waals surface area contributed by atoms with Crippen molar-refractivity contribution < 1.29 is 9.31 Å². The zero-order valence-corrected chi connectivity index (χ0v) is 9.41. The van der Waals surface area contributed by atoms with Gasteiger partial charge >= 0.3 is 7.12 Å². The molecule has 0 spiro atoms. The molecule has 80 valence electrons. The molecular weight excluding hydrogens is 189 g/mol. The molecule has 1 N–H and O–H groups in total. The molecule has 4 heteroatoms. The van der Waals surface area contributed by atoms with Crippen molar-refractivity contribution in [2.75, 3.05) is 13.7 Å². The van der Waals surface area contributed by atoms with E-state index in [1.165, 1.54) is 11.1 Å². The van der Waals surface area contributed by atoms with Crippen molar-refractivity contribution in [2.45, 2.75) is 20.1 Å². The number of rotatable bonds is 2. The second-order valence-electron chi connectivity index (χ2n) is 4.00. The second kappa shape index (κ2) is 4.35. The lowest BCUT2D eigenvalue weighted by atomic mass is 9.78. The fourth-order valence-corrected chi connectivity index (χ4v) is 1.87. The Hall–Kier alpha value is -0.835. The molecule has 15 heavy (non-hydrogen) atoms. The van der Waals surface area contributed by atoms with Crippen molar-refractivity contribution in [1.29, 1.82) is 0 Å². The molecule has 3 nitrogen and oxygen atoms in total. The van der Waals surface area contributed by atoms with Gasteiger partial charge in [0.25, 0.3) is 0 Å². The van der Waals surface area contributed by atoms with Gasteiger partial charge in [-0.1, -0.05) is 29.3 Å². The highest BCUT2D eigenvalue weighted by molar-refractivity contribution is 6.61. The molecule has 0 amide bonds. The second-order valence-corrected chi connectivity index (χ2v) is 4.00. The lowest BCUT2D eigenvalue weighted by Gasteiger charge is -2.09. The maximum Gasteiger partial charge on any atom is 0.495 e. The van der Waals surface area contributed by atoms with E-state index in [1.807, 2.05) is 7.05 Å². The molecule has 2 rings (SSSR count). The van der Waals surface area contributed by atoms with Crippen molar-refractivity contribution >= 4 is 12.6 Å². The number of benzene rings is 1. The van der Waals surface area contributed by atoms with Crippen LogP contribution in [0.15, 0.2) is 18.2 Å². The topological polar surface area (TPSA) is 30.5 Å². The summed E-state index contributed by atoms with van der Waals surface area (Å²) in [4.78, 5) is 0. The van der Waals surface area contributed by atoms with Crippen LogP contribution in [0.4, 0.5) is 0 Å². The summed E-state index contributed by atoms with van der Waals surface area (Å²) in [6.45, 7) is 4.77. The van der Waals surface area contributed by atoms with Gasteiger partial charge in [0.2, 0.25) is 0 Å². The standard InChI is InChI=1S/C11H16BNO2/c1-8-4-9(2)6-10(5-8)12-14-7-11(13-3)15-12/h4-6,11,13H,7H2,1-3H3. The first kappa shape index (κ1) is 10.7.